The Balaban J connectivity index is 2.74. The monoisotopic (exact) mass is 152 g/mol. The van der Waals surface area contributed by atoms with Gasteiger partial charge in [-0.1, -0.05) is 18.7 Å². The third-order valence-corrected chi connectivity index (χ3v) is 1.33. The van der Waals surface area contributed by atoms with E-state index in [2.05, 4.69) is 6.58 Å². The van der Waals surface area contributed by atoms with Crippen LogP contribution in [-0.4, -0.2) is 5.11 Å². The quantitative estimate of drug-likeness (QED) is 0.690. The van der Waals surface area contributed by atoms with Crippen molar-refractivity contribution in [2.24, 2.45) is 0 Å². The van der Waals surface area contributed by atoms with Crippen LogP contribution in [0.25, 0.3) is 0 Å². The van der Waals surface area contributed by atoms with Gasteiger partial charge in [0.1, 0.15) is 5.75 Å². The van der Waals surface area contributed by atoms with Crippen LogP contribution in [0.2, 0.25) is 0 Å². The van der Waals surface area contributed by atoms with Crippen LogP contribution in [0.3, 0.4) is 0 Å². The third kappa shape index (κ3) is 2.42. The highest BCUT2D eigenvalue weighted by Gasteiger charge is 1.94. The minimum absolute atomic E-state index is 0.193. The standard InChI is InChI=1S/C9H9FO/c1-7(10)6-8-2-4-9(11)5-3-8/h2-5,11H,1,6H2. The van der Waals surface area contributed by atoms with E-state index in [1.54, 1.807) is 12.1 Å². The Bertz CT molecular complexity index is 251. The van der Waals surface area contributed by atoms with Crippen LogP contribution < -0.4 is 0 Å². The molecule has 0 aliphatic heterocycles. The number of halogens is 1. The van der Waals surface area contributed by atoms with Crippen molar-refractivity contribution < 1.29 is 9.50 Å². The van der Waals surface area contributed by atoms with Crippen LogP contribution in [0, 0.1) is 0 Å². The molecule has 0 bridgehead atoms. The average molecular weight is 152 g/mol. The topological polar surface area (TPSA) is 20.2 Å². The van der Waals surface area contributed by atoms with E-state index in [0.717, 1.165) is 5.56 Å². The normalized spacial score (nSPS) is 9.55. The van der Waals surface area contributed by atoms with Gasteiger partial charge in [-0.15, -0.1) is 0 Å². The Morgan fingerprint density at radius 1 is 1.36 bits per heavy atom. The summed E-state index contributed by atoms with van der Waals surface area (Å²) in [6.45, 7) is 3.14. The SMILES string of the molecule is C=C(F)Cc1ccc(O)cc1. The van der Waals surface area contributed by atoms with Crippen molar-refractivity contribution in [3.05, 3.63) is 42.2 Å². The predicted molar refractivity (Wildman–Crippen MR) is 42.1 cm³/mol. The zero-order valence-electron chi connectivity index (χ0n) is 6.05. The van der Waals surface area contributed by atoms with Crippen LogP contribution in [0.5, 0.6) is 5.75 Å². The summed E-state index contributed by atoms with van der Waals surface area (Å²) in [6.07, 6.45) is 0.222. The number of rotatable bonds is 2. The second-order valence-electron chi connectivity index (χ2n) is 2.36. The smallest absolute Gasteiger partial charge is 0.115 e. The molecule has 0 spiro atoms. The number of phenolic OH excluding ortho intramolecular Hbond substituents is 1. The first kappa shape index (κ1) is 7.79. The molecule has 1 rings (SSSR count). The summed E-state index contributed by atoms with van der Waals surface area (Å²) >= 11 is 0. The van der Waals surface area contributed by atoms with Crippen LogP contribution in [0.1, 0.15) is 5.56 Å². The van der Waals surface area contributed by atoms with E-state index >= 15 is 0 Å². The molecular formula is C9H9FO. The first-order valence-corrected chi connectivity index (χ1v) is 3.29. The van der Waals surface area contributed by atoms with Crippen molar-refractivity contribution in [3.8, 4) is 5.75 Å². The van der Waals surface area contributed by atoms with E-state index in [4.69, 9.17) is 5.11 Å². The molecule has 0 aliphatic rings. The Labute approximate surface area is 64.8 Å². The highest BCUT2D eigenvalue weighted by Crippen LogP contribution is 2.12. The number of benzene rings is 1. The van der Waals surface area contributed by atoms with Crippen molar-refractivity contribution in [2.45, 2.75) is 6.42 Å². The van der Waals surface area contributed by atoms with Gasteiger partial charge in [0.25, 0.3) is 0 Å². The van der Waals surface area contributed by atoms with Crippen LogP contribution >= 0.6 is 0 Å². The van der Waals surface area contributed by atoms with Crippen LogP contribution in [0.15, 0.2) is 36.7 Å². The molecule has 1 nitrogen and oxygen atoms in total. The van der Waals surface area contributed by atoms with E-state index in [-0.39, 0.29) is 18.0 Å². The summed E-state index contributed by atoms with van der Waals surface area (Å²) < 4.78 is 12.2. The summed E-state index contributed by atoms with van der Waals surface area (Å²) in [5.74, 6) is -0.172. The lowest BCUT2D eigenvalue weighted by molar-refractivity contribution is 0.475. The van der Waals surface area contributed by atoms with Gasteiger partial charge in [-0.2, -0.15) is 0 Å². The van der Waals surface area contributed by atoms with E-state index in [1.807, 2.05) is 0 Å². The molecule has 0 unspecified atom stereocenters. The molecule has 58 valence electrons. The Morgan fingerprint density at radius 3 is 2.36 bits per heavy atom. The van der Waals surface area contributed by atoms with Gasteiger partial charge < -0.3 is 5.11 Å². The van der Waals surface area contributed by atoms with Gasteiger partial charge in [0.15, 0.2) is 0 Å². The zero-order valence-corrected chi connectivity index (χ0v) is 6.05. The molecule has 0 saturated carbocycles. The Kier molecular flexibility index (Phi) is 2.26. The molecule has 1 N–H and O–H groups in total. The van der Waals surface area contributed by atoms with E-state index in [1.165, 1.54) is 12.1 Å². The maximum absolute atomic E-state index is 12.2. The highest BCUT2D eigenvalue weighted by atomic mass is 19.1. The minimum atomic E-state index is -0.365. The van der Waals surface area contributed by atoms with Crippen LogP contribution in [0.4, 0.5) is 4.39 Å². The fourth-order valence-corrected chi connectivity index (χ4v) is 0.835. The molecule has 1 aromatic rings. The van der Waals surface area contributed by atoms with E-state index in [9.17, 15) is 4.39 Å². The molecule has 0 amide bonds. The predicted octanol–water partition coefficient (Wildman–Crippen LogP) is 2.42. The van der Waals surface area contributed by atoms with Gasteiger partial charge in [0.2, 0.25) is 0 Å². The molecule has 0 aliphatic carbocycles. The van der Waals surface area contributed by atoms with E-state index < -0.39 is 0 Å². The van der Waals surface area contributed by atoms with Crippen molar-refractivity contribution in [2.75, 3.05) is 0 Å². The van der Waals surface area contributed by atoms with Gasteiger partial charge in [-0.25, -0.2) is 4.39 Å². The third-order valence-electron chi connectivity index (χ3n) is 1.33. The second kappa shape index (κ2) is 3.19. The van der Waals surface area contributed by atoms with Crippen molar-refractivity contribution >= 4 is 0 Å². The largest absolute Gasteiger partial charge is 0.508 e. The molecule has 0 aromatic heterocycles. The molecule has 11 heavy (non-hydrogen) atoms. The lowest BCUT2D eigenvalue weighted by Crippen LogP contribution is -1.82. The zero-order chi connectivity index (χ0) is 8.27. The molecule has 0 saturated heterocycles. The van der Waals surface area contributed by atoms with E-state index in [0.29, 0.717) is 0 Å². The van der Waals surface area contributed by atoms with Crippen molar-refractivity contribution in [1.29, 1.82) is 0 Å². The minimum Gasteiger partial charge on any atom is -0.508 e. The molecule has 2 heteroatoms. The first-order valence-electron chi connectivity index (χ1n) is 3.29. The molecule has 0 fully saturated rings. The maximum Gasteiger partial charge on any atom is 0.115 e. The van der Waals surface area contributed by atoms with Crippen LogP contribution in [-0.2, 0) is 6.42 Å². The number of allylic oxidation sites excluding steroid dienone is 1. The maximum atomic E-state index is 12.2. The second-order valence-corrected chi connectivity index (χ2v) is 2.36. The summed E-state index contributed by atoms with van der Waals surface area (Å²) in [6, 6.07) is 6.39. The fraction of sp³-hybridized carbons (Fsp3) is 0.111. The molecule has 0 radical (unpaired) electrons. The molecular weight excluding hydrogens is 143 g/mol. The summed E-state index contributed by atoms with van der Waals surface area (Å²) in [5.41, 5.74) is 0.815. The van der Waals surface area contributed by atoms with Gasteiger partial charge in [-0.05, 0) is 17.7 Å². The Hall–Kier alpha value is -1.31. The van der Waals surface area contributed by atoms with Gasteiger partial charge in [-0.3, -0.25) is 0 Å². The molecule has 0 atom stereocenters. The Morgan fingerprint density at radius 2 is 1.91 bits per heavy atom. The number of phenols is 1. The highest BCUT2D eigenvalue weighted by molar-refractivity contribution is 5.27. The lowest BCUT2D eigenvalue weighted by atomic mass is 10.1. The molecule has 0 heterocycles. The average Bonchev–Trinajstić information content (AvgIpc) is 1.93. The van der Waals surface area contributed by atoms with Crippen molar-refractivity contribution in [1.82, 2.24) is 0 Å². The number of aromatic hydroxyl groups is 1. The fourth-order valence-electron chi connectivity index (χ4n) is 0.835. The number of hydrogen-bond acceptors (Lipinski definition) is 1. The summed E-state index contributed by atoms with van der Waals surface area (Å²) in [7, 11) is 0. The number of hydrogen-bond donors (Lipinski definition) is 1. The van der Waals surface area contributed by atoms with Gasteiger partial charge in [0.05, 0.1) is 5.83 Å². The van der Waals surface area contributed by atoms with Crippen molar-refractivity contribution in [3.63, 3.8) is 0 Å². The summed E-state index contributed by atoms with van der Waals surface area (Å²) in [4.78, 5) is 0. The van der Waals surface area contributed by atoms with Gasteiger partial charge >= 0.3 is 0 Å². The summed E-state index contributed by atoms with van der Waals surface area (Å²) in [5, 5.41) is 8.87. The molecule has 1 aromatic carbocycles. The first-order chi connectivity index (χ1) is 5.18. The van der Waals surface area contributed by atoms with Gasteiger partial charge in [0, 0.05) is 6.42 Å². The lowest BCUT2D eigenvalue weighted by Gasteiger charge is -1.97.